The van der Waals surface area contributed by atoms with Gasteiger partial charge in [-0.15, -0.1) is 0 Å². The van der Waals surface area contributed by atoms with E-state index in [0.29, 0.717) is 5.92 Å². The fraction of sp³-hybridized carbons (Fsp3) is 0.647. The monoisotopic (exact) mass is 308 g/mol. The van der Waals surface area contributed by atoms with Crippen LogP contribution in [-0.2, 0) is 6.54 Å². The summed E-state index contributed by atoms with van der Waals surface area (Å²) in [6.45, 7) is 5.06. The molecule has 1 aliphatic rings. The summed E-state index contributed by atoms with van der Waals surface area (Å²) in [5.41, 5.74) is 1.12. The molecule has 2 N–H and O–H groups in total. The predicted octanol–water partition coefficient (Wildman–Crippen LogP) is 1.50. The van der Waals surface area contributed by atoms with Crippen LogP contribution in [0.2, 0.25) is 0 Å². The molecule has 1 fully saturated rings. The van der Waals surface area contributed by atoms with E-state index in [1.807, 2.05) is 12.1 Å². The van der Waals surface area contributed by atoms with Crippen LogP contribution in [0.1, 0.15) is 18.4 Å². The third-order valence-electron chi connectivity index (χ3n) is 4.36. The normalized spacial score (nSPS) is 16.7. The summed E-state index contributed by atoms with van der Waals surface area (Å²) in [5, 5.41) is 12.5. The van der Waals surface area contributed by atoms with Gasteiger partial charge in [-0.25, -0.2) is 0 Å². The van der Waals surface area contributed by atoms with E-state index in [0.717, 1.165) is 49.8 Å². The van der Waals surface area contributed by atoms with Crippen LogP contribution in [0.4, 0.5) is 0 Å². The van der Waals surface area contributed by atoms with Gasteiger partial charge in [-0.05, 0) is 44.5 Å². The standard InChI is InChI=1S/C17H28N2O3/c1-21-16-5-3-4-15(17(16)22-2)13-18-12-14-6-8-19(9-7-14)10-11-20/h3-5,14,18,20H,6-13H2,1-2H3. The van der Waals surface area contributed by atoms with Crippen LogP contribution in [0.5, 0.6) is 11.5 Å². The summed E-state index contributed by atoms with van der Waals surface area (Å²) in [6, 6.07) is 5.98. The Labute approximate surface area is 133 Å². The van der Waals surface area contributed by atoms with E-state index in [-0.39, 0.29) is 6.61 Å². The van der Waals surface area contributed by atoms with Crippen LogP contribution in [-0.4, -0.2) is 57.0 Å². The number of β-amino-alcohol motifs (C(OH)–C–C–N with tert-alkyl or cyclic N) is 1. The molecule has 22 heavy (non-hydrogen) atoms. The Balaban J connectivity index is 1.78. The first-order valence-electron chi connectivity index (χ1n) is 8.02. The second-order valence-corrected chi connectivity index (χ2v) is 5.79. The molecule has 124 valence electrons. The number of piperidine rings is 1. The van der Waals surface area contributed by atoms with Crippen LogP contribution in [0.25, 0.3) is 0 Å². The van der Waals surface area contributed by atoms with E-state index >= 15 is 0 Å². The summed E-state index contributed by atoms with van der Waals surface area (Å²) in [6.07, 6.45) is 2.39. The van der Waals surface area contributed by atoms with Gasteiger partial charge in [-0.3, -0.25) is 0 Å². The zero-order chi connectivity index (χ0) is 15.8. The maximum absolute atomic E-state index is 8.97. The molecule has 0 atom stereocenters. The van der Waals surface area contributed by atoms with Gasteiger partial charge in [-0.2, -0.15) is 0 Å². The van der Waals surface area contributed by atoms with Crippen molar-refractivity contribution in [3.8, 4) is 11.5 Å². The fourth-order valence-corrected chi connectivity index (χ4v) is 3.06. The third kappa shape index (κ3) is 4.60. The SMILES string of the molecule is COc1cccc(CNCC2CCN(CCO)CC2)c1OC. The molecule has 2 rings (SSSR count). The molecular formula is C17H28N2O3. The maximum Gasteiger partial charge on any atom is 0.165 e. The highest BCUT2D eigenvalue weighted by molar-refractivity contribution is 5.46. The lowest BCUT2D eigenvalue weighted by atomic mass is 9.96. The number of hydrogen-bond acceptors (Lipinski definition) is 5. The number of rotatable bonds is 8. The van der Waals surface area contributed by atoms with Crippen molar-refractivity contribution in [2.75, 3.05) is 47.0 Å². The molecule has 0 aliphatic carbocycles. The van der Waals surface area contributed by atoms with E-state index in [9.17, 15) is 0 Å². The molecule has 5 heteroatoms. The zero-order valence-corrected chi connectivity index (χ0v) is 13.7. The van der Waals surface area contributed by atoms with Crippen molar-refractivity contribution >= 4 is 0 Å². The van der Waals surface area contributed by atoms with Crippen LogP contribution >= 0.6 is 0 Å². The first-order valence-corrected chi connectivity index (χ1v) is 8.02. The lowest BCUT2D eigenvalue weighted by Crippen LogP contribution is -2.38. The highest BCUT2D eigenvalue weighted by Crippen LogP contribution is 2.30. The molecule has 1 saturated heterocycles. The Hall–Kier alpha value is -1.30. The molecule has 1 aliphatic heterocycles. The van der Waals surface area contributed by atoms with Gasteiger partial charge in [0.15, 0.2) is 11.5 Å². The van der Waals surface area contributed by atoms with Gasteiger partial charge in [0.2, 0.25) is 0 Å². The topological polar surface area (TPSA) is 54.0 Å². The molecule has 0 bridgehead atoms. The number of methoxy groups -OCH3 is 2. The number of nitrogens with zero attached hydrogens (tertiary/aromatic N) is 1. The van der Waals surface area contributed by atoms with Crippen molar-refractivity contribution in [1.82, 2.24) is 10.2 Å². The Morgan fingerprint density at radius 2 is 2.00 bits per heavy atom. The van der Waals surface area contributed by atoms with Crippen LogP contribution < -0.4 is 14.8 Å². The summed E-state index contributed by atoms with van der Waals surface area (Å²) in [4.78, 5) is 2.33. The number of ether oxygens (including phenoxy) is 2. The second-order valence-electron chi connectivity index (χ2n) is 5.79. The molecular weight excluding hydrogens is 280 g/mol. The lowest BCUT2D eigenvalue weighted by molar-refractivity contribution is 0.146. The van der Waals surface area contributed by atoms with Crippen LogP contribution in [0.3, 0.4) is 0 Å². The average Bonchev–Trinajstić information content (AvgIpc) is 2.56. The predicted molar refractivity (Wildman–Crippen MR) is 87.5 cm³/mol. The highest BCUT2D eigenvalue weighted by atomic mass is 16.5. The minimum absolute atomic E-state index is 0.262. The van der Waals surface area contributed by atoms with Gasteiger partial charge in [0.05, 0.1) is 20.8 Å². The molecule has 0 radical (unpaired) electrons. The van der Waals surface area contributed by atoms with E-state index in [2.05, 4.69) is 16.3 Å². The minimum Gasteiger partial charge on any atom is -0.493 e. The smallest absolute Gasteiger partial charge is 0.165 e. The first kappa shape index (κ1) is 17.1. The highest BCUT2D eigenvalue weighted by Gasteiger charge is 2.18. The molecule has 1 aromatic carbocycles. The fourth-order valence-electron chi connectivity index (χ4n) is 3.06. The van der Waals surface area contributed by atoms with Crippen LogP contribution in [0.15, 0.2) is 18.2 Å². The van der Waals surface area contributed by atoms with Crippen LogP contribution in [0, 0.1) is 5.92 Å². The van der Waals surface area contributed by atoms with Gasteiger partial charge in [-0.1, -0.05) is 12.1 Å². The number of para-hydroxylation sites is 1. The van der Waals surface area contributed by atoms with Crippen molar-refractivity contribution in [3.05, 3.63) is 23.8 Å². The van der Waals surface area contributed by atoms with Crippen molar-refractivity contribution in [2.24, 2.45) is 5.92 Å². The molecule has 5 nitrogen and oxygen atoms in total. The molecule has 0 spiro atoms. The van der Waals surface area contributed by atoms with E-state index in [1.54, 1.807) is 14.2 Å². The van der Waals surface area contributed by atoms with Gasteiger partial charge in [0, 0.05) is 18.7 Å². The number of nitrogens with one attached hydrogen (secondary N) is 1. The zero-order valence-electron chi connectivity index (χ0n) is 13.7. The molecule has 1 heterocycles. The Morgan fingerprint density at radius 1 is 1.23 bits per heavy atom. The number of hydrogen-bond donors (Lipinski definition) is 2. The molecule has 0 saturated carbocycles. The van der Waals surface area contributed by atoms with Gasteiger partial charge in [0.25, 0.3) is 0 Å². The average molecular weight is 308 g/mol. The van der Waals surface area contributed by atoms with Gasteiger partial charge >= 0.3 is 0 Å². The summed E-state index contributed by atoms with van der Waals surface area (Å²) < 4.78 is 10.8. The Morgan fingerprint density at radius 3 is 2.64 bits per heavy atom. The molecule has 0 aromatic heterocycles. The maximum atomic E-state index is 8.97. The molecule has 1 aromatic rings. The summed E-state index contributed by atoms with van der Waals surface area (Å²) >= 11 is 0. The number of aliphatic hydroxyl groups is 1. The van der Waals surface area contributed by atoms with Crippen molar-refractivity contribution in [3.63, 3.8) is 0 Å². The third-order valence-corrected chi connectivity index (χ3v) is 4.36. The summed E-state index contributed by atoms with van der Waals surface area (Å²) in [7, 11) is 3.34. The minimum atomic E-state index is 0.262. The van der Waals surface area contributed by atoms with E-state index in [1.165, 1.54) is 12.8 Å². The lowest BCUT2D eigenvalue weighted by Gasteiger charge is -2.31. The Bertz CT molecular complexity index is 446. The first-order chi connectivity index (χ1) is 10.8. The molecule has 0 amide bonds. The van der Waals surface area contributed by atoms with E-state index < -0.39 is 0 Å². The Kier molecular flexibility index (Phi) is 6.96. The van der Waals surface area contributed by atoms with Gasteiger partial charge < -0.3 is 24.8 Å². The van der Waals surface area contributed by atoms with Crippen molar-refractivity contribution < 1.29 is 14.6 Å². The molecule has 0 unspecified atom stereocenters. The number of aliphatic hydroxyl groups excluding tert-OH is 1. The second kappa shape index (κ2) is 8.98. The number of benzene rings is 1. The van der Waals surface area contributed by atoms with Crippen molar-refractivity contribution in [1.29, 1.82) is 0 Å². The van der Waals surface area contributed by atoms with E-state index in [4.69, 9.17) is 14.6 Å². The number of likely N-dealkylation sites (tertiary alicyclic amines) is 1. The van der Waals surface area contributed by atoms with Crippen molar-refractivity contribution in [2.45, 2.75) is 19.4 Å². The quantitative estimate of drug-likeness (QED) is 0.762. The summed E-state index contributed by atoms with van der Waals surface area (Å²) in [5.74, 6) is 2.31. The van der Waals surface area contributed by atoms with Gasteiger partial charge in [0.1, 0.15) is 0 Å². The largest absolute Gasteiger partial charge is 0.493 e.